The Balaban J connectivity index is 1.69. The highest BCUT2D eigenvalue weighted by Gasteiger charge is 2.31. The quantitative estimate of drug-likeness (QED) is 0.545. The van der Waals surface area contributed by atoms with Crippen LogP contribution in [0.15, 0.2) is 41.9 Å². The smallest absolute Gasteiger partial charge is 0.370 e. The molecule has 0 radical (unpaired) electrons. The molecule has 0 spiro atoms. The molecule has 4 rings (SSSR count). The fourth-order valence-corrected chi connectivity index (χ4v) is 3.56. The fourth-order valence-electron chi connectivity index (χ4n) is 2.86. The number of morpholine rings is 1. The van der Waals surface area contributed by atoms with Gasteiger partial charge in [-0.25, -0.2) is 0 Å². The van der Waals surface area contributed by atoms with Gasteiger partial charge < -0.3 is 19.8 Å². The standard InChI is InChI=1S/C15H14N4O3S/c20-19(21)14-13(16-15-18(14)7-9-23-15)17-6-8-22-12(10-17)11-4-2-1-3-5-11/h1-5,7,9,12H,6,8,10H2. The van der Waals surface area contributed by atoms with Gasteiger partial charge in [0.2, 0.25) is 5.82 Å². The Bertz CT molecular complexity index is 845. The topological polar surface area (TPSA) is 72.9 Å². The molecule has 8 heteroatoms. The van der Waals surface area contributed by atoms with Crippen LogP contribution in [0.2, 0.25) is 0 Å². The van der Waals surface area contributed by atoms with Crippen molar-refractivity contribution in [1.29, 1.82) is 0 Å². The first-order valence-electron chi connectivity index (χ1n) is 7.25. The molecule has 3 aromatic rings. The molecule has 118 valence electrons. The molecule has 1 atom stereocenters. The second-order valence-corrected chi connectivity index (χ2v) is 6.16. The highest BCUT2D eigenvalue weighted by atomic mass is 32.1. The number of thiazole rings is 1. The summed E-state index contributed by atoms with van der Waals surface area (Å²) in [4.78, 5) is 18.1. The molecule has 1 aromatic carbocycles. The molecule has 3 heterocycles. The average molecular weight is 330 g/mol. The van der Waals surface area contributed by atoms with Gasteiger partial charge in [0.25, 0.3) is 4.96 Å². The Kier molecular flexibility index (Phi) is 3.47. The van der Waals surface area contributed by atoms with E-state index >= 15 is 0 Å². The molecular formula is C15H14N4O3S. The van der Waals surface area contributed by atoms with Crippen LogP contribution >= 0.6 is 11.3 Å². The second kappa shape index (κ2) is 5.64. The van der Waals surface area contributed by atoms with E-state index in [1.54, 1.807) is 11.6 Å². The summed E-state index contributed by atoms with van der Waals surface area (Å²) in [6.07, 6.45) is 1.58. The third kappa shape index (κ3) is 2.45. The minimum Gasteiger partial charge on any atom is -0.370 e. The number of nitrogens with zero attached hydrogens (tertiary/aromatic N) is 4. The molecule has 1 saturated heterocycles. The molecule has 0 aliphatic carbocycles. The van der Waals surface area contributed by atoms with Crippen LogP contribution in [0, 0.1) is 10.1 Å². The number of hydrogen-bond donors (Lipinski definition) is 0. The lowest BCUT2D eigenvalue weighted by Gasteiger charge is -2.32. The third-order valence-electron chi connectivity index (χ3n) is 3.93. The van der Waals surface area contributed by atoms with Crippen molar-refractivity contribution in [3.63, 3.8) is 0 Å². The zero-order chi connectivity index (χ0) is 15.8. The van der Waals surface area contributed by atoms with E-state index in [9.17, 15) is 10.1 Å². The number of ether oxygens (including phenoxy) is 1. The molecule has 1 fully saturated rings. The second-order valence-electron chi connectivity index (χ2n) is 5.29. The minimum absolute atomic E-state index is 0.0231. The largest absolute Gasteiger partial charge is 0.373 e. The molecule has 0 saturated carbocycles. The summed E-state index contributed by atoms with van der Waals surface area (Å²) in [7, 11) is 0. The first-order chi connectivity index (χ1) is 11.2. The Morgan fingerprint density at radius 2 is 2.17 bits per heavy atom. The number of hydrogen-bond acceptors (Lipinski definition) is 6. The van der Waals surface area contributed by atoms with Crippen LogP contribution in [0.25, 0.3) is 4.96 Å². The van der Waals surface area contributed by atoms with Gasteiger partial charge in [-0.2, -0.15) is 9.38 Å². The van der Waals surface area contributed by atoms with Crippen LogP contribution in [0.1, 0.15) is 11.7 Å². The van der Waals surface area contributed by atoms with Gasteiger partial charge in [-0.1, -0.05) is 41.7 Å². The van der Waals surface area contributed by atoms with Gasteiger partial charge >= 0.3 is 5.82 Å². The number of anilines is 1. The fraction of sp³-hybridized carbons (Fsp3) is 0.267. The van der Waals surface area contributed by atoms with E-state index in [0.29, 0.717) is 30.5 Å². The maximum Gasteiger partial charge on any atom is 0.373 e. The summed E-state index contributed by atoms with van der Waals surface area (Å²) in [5.41, 5.74) is 1.07. The first-order valence-corrected chi connectivity index (χ1v) is 8.13. The van der Waals surface area contributed by atoms with E-state index < -0.39 is 0 Å². The van der Waals surface area contributed by atoms with E-state index in [1.807, 2.05) is 35.2 Å². The van der Waals surface area contributed by atoms with E-state index in [2.05, 4.69) is 4.98 Å². The number of imidazole rings is 1. The van der Waals surface area contributed by atoms with Crippen LogP contribution in [-0.4, -0.2) is 34.0 Å². The van der Waals surface area contributed by atoms with Crippen molar-refractivity contribution in [2.75, 3.05) is 24.6 Å². The van der Waals surface area contributed by atoms with Crippen LogP contribution < -0.4 is 4.90 Å². The lowest BCUT2D eigenvalue weighted by molar-refractivity contribution is -0.389. The summed E-state index contributed by atoms with van der Waals surface area (Å²) in [6.45, 7) is 1.66. The van der Waals surface area contributed by atoms with Gasteiger partial charge in [0, 0.05) is 11.9 Å². The Labute approximate surface area is 135 Å². The Morgan fingerprint density at radius 3 is 2.96 bits per heavy atom. The molecule has 1 unspecified atom stereocenters. The van der Waals surface area contributed by atoms with Gasteiger partial charge in [0.1, 0.15) is 12.3 Å². The van der Waals surface area contributed by atoms with Crippen molar-refractivity contribution in [2.45, 2.75) is 6.10 Å². The third-order valence-corrected chi connectivity index (χ3v) is 4.69. The summed E-state index contributed by atoms with van der Waals surface area (Å²) in [6, 6.07) is 9.90. The van der Waals surface area contributed by atoms with Crippen LogP contribution in [0.5, 0.6) is 0 Å². The molecule has 0 amide bonds. The highest BCUT2D eigenvalue weighted by Crippen LogP contribution is 2.34. The Hall–Kier alpha value is -2.45. The zero-order valence-corrected chi connectivity index (χ0v) is 13.0. The van der Waals surface area contributed by atoms with Crippen molar-refractivity contribution in [2.24, 2.45) is 0 Å². The monoisotopic (exact) mass is 330 g/mol. The predicted octanol–water partition coefficient (Wildman–Crippen LogP) is 2.88. The predicted molar refractivity (Wildman–Crippen MR) is 87.1 cm³/mol. The van der Waals surface area contributed by atoms with Crippen molar-refractivity contribution in [3.05, 3.63) is 57.6 Å². The van der Waals surface area contributed by atoms with Gasteiger partial charge in [0.15, 0.2) is 0 Å². The number of rotatable bonds is 3. The van der Waals surface area contributed by atoms with Crippen molar-refractivity contribution >= 4 is 27.9 Å². The van der Waals surface area contributed by atoms with Crippen LogP contribution in [0.3, 0.4) is 0 Å². The van der Waals surface area contributed by atoms with Crippen LogP contribution in [0.4, 0.5) is 11.6 Å². The molecule has 0 N–H and O–H groups in total. The molecule has 7 nitrogen and oxygen atoms in total. The SMILES string of the molecule is O=[N+]([O-])c1c(N2CCOC(c3ccccc3)C2)nc2sccn12. The number of aromatic nitrogens is 2. The van der Waals surface area contributed by atoms with Crippen molar-refractivity contribution in [3.8, 4) is 0 Å². The molecular weight excluding hydrogens is 316 g/mol. The molecule has 2 aromatic heterocycles. The normalized spacial score (nSPS) is 18.4. The van der Waals surface area contributed by atoms with Gasteiger partial charge in [-0.3, -0.25) is 0 Å². The summed E-state index contributed by atoms with van der Waals surface area (Å²) in [5.74, 6) is 0.445. The van der Waals surface area contributed by atoms with E-state index in [-0.39, 0.29) is 16.8 Å². The lowest BCUT2D eigenvalue weighted by atomic mass is 10.1. The van der Waals surface area contributed by atoms with Gasteiger partial charge in [-0.15, -0.1) is 0 Å². The highest BCUT2D eigenvalue weighted by molar-refractivity contribution is 7.15. The lowest BCUT2D eigenvalue weighted by Crippen LogP contribution is -2.38. The van der Waals surface area contributed by atoms with E-state index in [1.165, 1.54) is 15.7 Å². The van der Waals surface area contributed by atoms with Gasteiger partial charge in [-0.05, 0) is 10.5 Å². The molecule has 1 aliphatic rings. The average Bonchev–Trinajstić information content (AvgIpc) is 3.16. The van der Waals surface area contributed by atoms with Crippen molar-refractivity contribution < 1.29 is 9.66 Å². The summed E-state index contributed by atoms with van der Waals surface area (Å²) >= 11 is 1.39. The maximum absolute atomic E-state index is 11.5. The number of benzene rings is 1. The van der Waals surface area contributed by atoms with Gasteiger partial charge in [0.05, 0.1) is 13.2 Å². The van der Waals surface area contributed by atoms with Crippen molar-refractivity contribution in [1.82, 2.24) is 9.38 Å². The Morgan fingerprint density at radius 1 is 1.35 bits per heavy atom. The van der Waals surface area contributed by atoms with E-state index in [4.69, 9.17) is 4.74 Å². The van der Waals surface area contributed by atoms with E-state index in [0.717, 1.165) is 5.56 Å². The number of fused-ring (bicyclic) bond motifs is 1. The molecule has 1 aliphatic heterocycles. The van der Waals surface area contributed by atoms with Crippen LogP contribution in [-0.2, 0) is 4.74 Å². The number of nitro groups is 1. The summed E-state index contributed by atoms with van der Waals surface area (Å²) in [5, 5.41) is 13.3. The molecule has 23 heavy (non-hydrogen) atoms. The maximum atomic E-state index is 11.5. The first kappa shape index (κ1) is 14.2. The zero-order valence-electron chi connectivity index (χ0n) is 12.2. The minimum atomic E-state index is -0.366. The summed E-state index contributed by atoms with van der Waals surface area (Å²) < 4.78 is 7.36. The molecule has 0 bridgehead atoms.